The van der Waals surface area contributed by atoms with Gasteiger partial charge in [-0.2, -0.15) is 5.11 Å². The highest BCUT2D eigenvalue weighted by Gasteiger charge is 2.10. The van der Waals surface area contributed by atoms with Crippen molar-refractivity contribution >= 4 is 12.2 Å². The van der Waals surface area contributed by atoms with Crippen LogP contribution in [0.4, 0.5) is 0 Å². The molecule has 0 aromatic carbocycles. The summed E-state index contributed by atoms with van der Waals surface area (Å²) >= 11 is 0. The van der Waals surface area contributed by atoms with Gasteiger partial charge in [-0.05, 0) is 0 Å². The summed E-state index contributed by atoms with van der Waals surface area (Å²) < 4.78 is 0. The van der Waals surface area contributed by atoms with Crippen LogP contribution in [0.2, 0.25) is 0 Å². The quantitative estimate of drug-likeness (QED) is 0.354. The Bertz CT molecular complexity index is 192. The van der Waals surface area contributed by atoms with Crippen LogP contribution in [0.15, 0.2) is 22.0 Å². The monoisotopic (exact) mass is 110 g/mol. The minimum absolute atomic E-state index is 0.0185. The molecular formula is C4H2N2O2. The fourth-order valence-corrected chi connectivity index (χ4v) is 0.337. The van der Waals surface area contributed by atoms with Crippen molar-refractivity contribution in [2.24, 2.45) is 10.2 Å². The van der Waals surface area contributed by atoms with Crippen LogP contribution in [-0.4, -0.2) is 12.2 Å². The number of aldehydes is 1. The van der Waals surface area contributed by atoms with E-state index in [1.165, 1.54) is 0 Å². The standard InChI is InChI=1S/C4H2N2O2/c7-2-3-1-5-6-4(3)8/h1-2H. The maximum absolute atomic E-state index is 10.2. The lowest BCUT2D eigenvalue weighted by Crippen LogP contribution is -1.93. The third-order valence-corrected chi connectivity index (χ3v) is 0.719. The molecule has 40 valence electrons. The predicted molar refractivity (Wildman–Crippen MR) is 24.0 cm³/mol. The second-order valence-electron chi connectivity index (χ2n) is 1.22. The molecule has 4 nitrogen and oxygen atoms in total. The first-order chi connectivity index (χ1) is 3.84. The molecule has 0 radical (unpaired) electrons. The summed E-state index contributed by atoms with van der Waals surface area (Å²) in [5.41, 5.74) is 0.0185. The van der Waals surface area contributed by atoms with Gasteiger partial charge in [0.2, 0.25) is 0 Å². The number of hydrogen-bond acceptors (Lipinski definition) is 3. The van der Waals surface area contributed by atoms with Gasteiger partial charge in [0.25, 0.3) is 5.91 Å². The summed E-state index contributed by atoms with van der Waals surface area (Å²) in [5, 5.41) is 6.25. The van der Waals surface area contributed by atoms with Crippen molar-refractivity contribution in [2.45, 2.75) is 0 Å². The number of rotatable bonds is 1. The minimum atomic E-state index is -0.556. The van der Waals surface area contributed by atoms with Gasteiger partial charge in [0, 0.05) is 0 Å². The van der Waals surface area contributed by atoms with Crippen LogP contribution in [-0.2, 0) is 9.59 Å². The molecule has 0 atom stereocenters. The average Bonchev–Trinajstić information content (AvgIpc) is 2.14. The van der Waals surface area contributed by atoms with Crippen molar-refractivity contribution in [3.8, 4) is 0 Å². The van der Waals surface area contributed by atoms with Gasteiger partial charge in [-0.15, -0.1) is 5.11 Å². The van der Waals surface area contributed by atoms with Crippen molar-refractivity contribution in [1.82, 2.24) is 0 Å². The van der Waals surface area contributed by atoms with Crippen molar-refractivity contribution < 1.29 is 9.59 Å². The predicted octanol–water partition coefficient (Wildman–Crippen LogP) is 0.0616. The second kappa shape index (κ2) is 1.65. The topological polar surface area (TPSA) is 58.9 Å². The van der Waals surface area contributed by atoms with Crippen LogP contribution in [0.1, 0.15) is 0 Å². The van der Waals surface area contributed by atoms with Gasteiger partial charge in [-0.25, -0.2) is 0 Å². The Labute approximate surface area is 44.9 Å². The van der Waals surface area contributed by atoms with Crippen LogP contribution < -0.4 is 0 Å². The molecule has 0 aliphatic carbocycles. The van der Waals surface area contributed by atoms with Crippen molar-refractivity contribution in [3.63, 3.8) is 0 Å². The van der Waals surface area contributed by atoms with E-state index in [2.05, 4.69) is 10.2 Å². The number of amides is 1. The smallest absolute Gasteiger partial charge is 0.298 e. The first-order valence-corrected chi connectivity index (χ1v) is 1.95. The van der Waals surface area contributed by atoms with E-state index in [4.69, 9.17) is 0 Å². The van der Waals surface area contributed by atoms with E-state index >= 15 is 0 Å². The van der Waals surface area contributed by atoms with E-state index in [1.807, 2.05) is 0 Å². The van der Waals surface area contributed by atoms with Crippen LogP contribution >= 0.6 is 0 Å². The Morgan fingerprint density at radius 2 is 2.38 bits per heavy atom. The summed E-state index contributed by atoms with van der Waals surface area (Å²) in [6.45, 7) is 0. The lowest BCUT2D eigenvalue weighted by molar-refractivity contribution is -0.116. The van der Waals surface area contributed by atoms with Gasteiger partial charge < -0.3 is 0 Å². The molecular weight excluding hydrogens is 108 g/mol. The number of hydrogen-bond donors (Lipinski definition) is 0. The average molecular weight is 110 g/mol. The first kappa shape index (κ1) is 4.83. The Morgan fingerprint density at radius 3 is 2.62 bits per heavy atom. The van der Waals surface area contributed by atoms with Crippen molar-refractivity contribution in [3.05, 3.63) is 11.8 Å². The third-order valence-electron chi connectivity index (χ3n) is 0.719. The van der Waals surface area contributed by atoms with E-state index in [0.29, 0.717) is 6.29 Å². The summed E-state index contributed by atoms with van der Waals surface area (Å²) in [7, 11) is 0. The molecule has 1 aliphatic heterocycles. The van der Waals surface area contributed by atoms with Gasteiger partial charge in [0.05, 0.1) is 6.20 Å². The summed E-state index contributed by atoms with van der Waals surface area (Å²) in [4.78, 5) is 20.1. The molecule has 0 bridgehead atoms. The largest absolute Gasteiger partial charge is 0.300 e. The van der Waals surface area contributed by atoms with Gasteiger partial charge in [0.1, 0.15) is 5.57 Å². The zero-order valence-corrected chi connectivity index (χ0v) is 3.87. The molecule has 8 heavy (non-hydrogen) atoms. The van der Waals surface area contributed by atoms with E-state index in [-0.39, 0.29) is 5.57 Å². The Balaban J connectivity index is 2.88. The number of nitrogens with zero attached hydrogens (tertiary/aromatic N) is 2. The molecule has 0 aromatic rings. The maximum atomic E-state index is 10.2. The lowest BCUT2D eigenvalue weighted by atomic mass is 10.3. The Kier molecular flexibility index (Phi) is 0.997. The second-order valence-corrected chi connectivity index (χ2v) is 1.22. The molecule has 1 amide bonds. The van der Waals surface area contributed by atoms with Gasteiger partial charge in [-0.1, -0.05) is 0 Å². The van der Waals surface area contributed by atoms with E-state index < -0.39 is 5.91 Å². The van der Waals surface area contributed by atoms with Gasteiger partial charge >= 0.3 is 0 Å². The molecule has 0 saturated carbocycles. The molecule has 0 spiro atoms. The molecule has 0 saturated heterocycles. The highest BCUT2D eigenvalue weighted by molar-refractivity contribution is 6.11. The maximum Gasteiger partial charge on any atom is 0.300 e. The van der Waals surface area contributed by atoms with Crippen LogP contribution in [0.5, 0.6) is 0 Å². The van der Waals surface area contributed by atoms with Crippen LogP contribution in [0.25, 0.3) is 0 Å². The molecule has 0 N–H and O–H groups in total. The summed E-state index contributed by atoms with van der Waals surface area (Å²) in [6, 6.07) is 0. The zero-order chi connectivity index (χ0) is 5.98. The molecule has 1 heterocycles. The van der Waals surface area contributed by atoms with Crippen LogP contribution in [0.3, 0.4) is 0 Å². The number of carbonyl (C=O) groups excluding carboxylic acids is 2. The minimum Gasteiger partial charge on any atom is -0.298 e. The lowest BCUT2D eigenvalue weighted by Gasteiger charge is -1.74. The van der Waals surface area contributed by atoms with Gasteiger partial charge in [0.15, 0.2) is 6.29 Å². The highest BCUT2D eigenvalue weighted by Crippen LogP contribution is 2.02. The van der Waals surface area contributed by atoms with Gasteiger partial charge in [-0.3, -0.25) is 9.59 Å². The molecule has 0 aromatic heterocycles. The zero-order valence-electron chi connectivity index (χ0n) is 3.87. The fourth-order valence-electron chi connectivity index (χ4n) is 0.337. The molecule has 4 heteroatoms. The fraction of sp³-hybridized carbons (Fsp3) is 0. The Hall–Kier alpha value is -1.32. The first-order valence-electron chi connectivity index (χ1n) is 1.95. The number of azo groups is 1. The van der Waals surface area contributed by atoms with Crippen molar-refractivity contribution in [1.29, 1.82) is 0 Å². The Morgan fingerprint density at radius 1 is 1.62 bits per heavy atom. The third kappa shape index (κ3) is 0.556. The van der Waals surface area contributed by atoms with Crippen molar-refractivity contribution in [2.75, 3.05) is 0 Å². The molecule has 0 unspecified atom stereocenters. The SMILES string of the molecule is O=CC1=CN=NC1=O. The normalized spacial score (nSPS) is 16.5. The number of carbonyl (C=O) groups is 2. The van der Waals surface area contributed by atoms with Crippen LogP contribution in [0, 0.1) is 0 Å². The van der Waals surface area contributed by atoms with E-state index in [0.717, 1.165) is 6.20 Å². The molecule has 1 aliphatic rings. The van der Waals surface area contributed by atoms with E-state index in [1.54, 1.807) is 0 Å². The van der Waals surface area contributed by atoms with E-state index in [9.17, 15) is 9.59 Å². The molecule has 0 fully saturated rings. The summed E-state index contributed by atoms with van der Waals surface area (Å²) in [5.74, 6) is -0.556. The highest BCUT2D eigenvalue weighted by atomic mass is 16.2. The summed E-state index contributed by atoms with van der Waals surface area (Å²) in [6.07, 6.45) is 1.57. The molecule has 1 rings (SSSR count).